The van der Waals surface area contributed by atoms with E-state index in [9.17, 15) is 9.00 Å². The highest BCUT2D eigenvalue weighted by atomic mass is 32.2. The van der Waals surface area contributed by atoms with Crippen molar-refractivity contribution in [1.29, 1.82) is 0 Å². The molecule has 1 amide bonds. The van der Waals surface area contributed by atoms with Crippen LogP contribution in [0.15, 0.2) is 35.9 Å². The number of fused-ring (bicyclic) bond motifs is 1. The summed E-state index contributed by atoms with van der Waals surface area (Å²) in [7, 11) is 0. The maximum atomic E-state index is 12.9. The summed E-state index contributed by atoms with van der Waals surface area (Å²) in [6.07, 6.45) is 8.08. The molecule has 28 heavy (non-hydrogen) atoms. The molecule has 0 aromatic carbocycles. The molecule has 146 valence electrons. The zero-order valence-corrected chi connectivity index (χ0v) is 15.8. The lowest BCUT2D eigenvalue weighted by Crippen LogP contribution is -2.58. The number of anilines is 1. The second-order valence-corrected chi connectivity index (χ2v) is 8.22. The number of hydrogen-bond acceptors (Lipinski definition) is 6. The molecule has 1 atom stereocenters. The Morgan fingerprint density at radius 2 is 2.18 bits per heavy atom. The molecule has 1 unspecified atom stereocenters. The van der Waals surface area contributed by atoms with Crippen LogP contribution in [0.5, 0.6) is 0 Å². The molecule has 10 nitrogen and oxygen atoms in total. The topological polar surface area (TPSA) is 120 Å². The maximum Gasteiger partial charge on any atom is 0.244 e. The van der Waals surface area contributed by atoms with Crippen LogP contribution in [0.3, 0.4) is 0 Å². The van der Waals surface area contributed by atoms with Gasteiger partial charge in [-0.2, -0.15) is 5.10 Å². The minimum atomic E-state index is -2.09. The first-order valence-electron chi connectivity index (χ1n) is 9.03. The number of amides is 1. The van der Waals surface area contributed by atoms with Crippen molar-refractivity contribution in [3.63, 3.8) is 0 Å². The molecule has 2 aliphatic rings. The van der Waals surface area contributed by atoms with Crippen LogP contribution in [0, 0.1) is 0 Å². The molecule has 1 aliphatic carbocycles. The zero-order chi connectivity index (χ0) is 19.3. The lowest BCUT2D eigenvalue weighted by molar-refractivity contribution is -0.135. The zero-order valence-electron chi connectivity index (χ0n) is 15.0. The summed E-state index contributed by atoms with van der Waals surface area (Å²) >= 11 is -2.09. The fourth-order valence-corrected chi connectivity index (χ4v) is 4.32. The third-order valence-corrected chi connectivity index (χ3v) is 6.13. The summed E-state index contributed by atoms with van der Waals surface area (Å²) in [5.41, 5.74) is 0.641. The number of carbonyl (C=O) groups is 1. The first kappa shape index (κ1) is 17.3. The standard InChI is InChI=1S/C17H19N7O3S/c25-14(9-23-8-12(7-21-23)28(26)27)24-6-5-22(10-17(24)2-3-17)16-13-1-4-18-15(13)19-11-20-16/h1,4,7-8,11H,2-3,5-6,9-10H2,(H,26,27)(H,18,19,20). The quantitative estimate of drug-likeness (QED) is 0.615. The number of H-pyrrole nitrogens is 1. The summed E-state index contributed by atoms with van der Waals surface area (Å²) in [6.45, 7) is 2.10. The van der Waals surface area contributed by atoms with Crippen molar-refractivity contribution in [3.8, 4) is 0 Å². The molecule has 11 heteroatoms. The molecule has 0 radical (unpaired) electrons. The molecule has 3 aromatic rings. The highest BCUT2D eigenvalue weighted by Crippen LogP contribution is 2.45. The number of carbonyl (C=O) groups excluding carboxylic acids is 1. The van der Waals surface area contributed by atoms with E-state index in [1.165, 1.54) is 17.1 Å². The normalized spacial score (nSPS) is 19.3. The van der Waals surface area contributed by atoms with Gasteiger partial charge < -0.3 is 19.3 Å². The van der Waals surface area contributed by atoms with Crippen molar-refractivity contribution < 1.29 is 13.6 Å². The van der Waals surface area contributed by atoms with Gasteiger partial charge in [-0.25, -0.2) is 14.2 Å². The molecular formula is C17H19N7O3S. The Morgan fingerprint density at radius 1 is 1.32 bits per heavy atom. The van der Waals surface area contributed by atoms with E-state index in [0.717, 1.165) is 36.2 Å². The number of nitrogens with zero attached hydrogens (tertiary/aromatic N) is 6. The van der Waals surface area contributed by atoms with E-state index in [0.29, 0.717) is 13.1 Å². The summed E-state index contributed by atoms with van der Waals surface area (Å²) in [5, 5.41) is 5.00. The Labute approximate surface area is 162 Å². The highest BCUT2D eigenvalue weighted by Gasteiger charge is 2.53. The Balaban J connectivity index is 1.33. The Morgan fingerprint density at radius 3 is 2.93 bits per heavy atom. The Bertz CT molecular complexity index is 1070. The minimum absolute atomic E-state index is 0.0231. The first-order chi connectivity index (χ1) is 13.6. The molecule has 1 saturated heterocycles. The second kappa shape index (κ2) is 6.38. The van der Waals surface area contributed by atoms with Crippen LogP contribution in [-0.4, -0.2) is 69.5 Å². The van der Waals surface area contributed by atoms with Crippen LogP contribution in [0.1, 0.15) is 12.8 Å². The Hall–Kier alpha value is -2.79. The molecule has 2 fully saturated rings. The van der Waals surface area contributed by atoms with Gasteiger partial charge in [0.25, 0.3) is 0 Å². The summed E-state index contributed by atoms with van der Waals surface area (Å²) in [4.78, 5) is 29.1. The number of nitrogens with one attached hydrogen (secondary N) is 1. The molecule has 1 aliphatic heterocycles. The molecule has 1 saturated carbocycles. The molecule has 2 N–H and O–H groups in total. The number of rotatable bonds is 4. The Kier molecular flexibility index (Phi) is 3.95. The largest absolute Gasteiger partial charge is 0.352 e. The fourth-order valence-electron chi connectivity index (χ4n) is 3.98. The van der Waals surface area contributed by atoms with E-state index < -0.39 is 11.1 Å². The molecule has 1 spiro atoms. The van der Waals surface area contributed by atoms with E-state index >= 15 is 0 Å². The number of hydrogen-bond donors (Lipinski definition) is 2. The van der Waals surface area contributed by atoms with Crippen LogP contribution in [0.4, 0.5) is 5.82 Å². The van der Waals surface area contributed by atoms with E-state index in [4.69, 9.17) is 4.55 Å². The highest BCUT2D eigenvalue weighted by molar-refractivity contribution is 7.79. The van der Waals surface area contributed by atoms with Crippen molar-refractivity contribution in [2.24, 2.45) is 0 Å². The van der Waals surface area contributed by atoms with Gasteiger partial charge in [0, 0.05) is 32.0 Å². The second-order valence-electron chi connectivity index (χ2n) is 7.25. The number of piperazine rings is 1. The van der Waals surface area contributed by atoms with Crippen LogP contribution in [0.25, 0.3) is 11.0 Å². The smallest absolute Gasteiger partial charge is 0.244 e. The molecular weight excluding hydrogens is 382 g/mol. The van der Waals surface area contributed by atoms with Gasteiger partial charge in [0.05, 0.1) is 17.1 Å². The average Bonchev–Trinajstić information content (AvgIpc) is 3.11. The lowest BCUT2D eigenvalue weighted by atomic mass is 10.1. The van der Waals surface area contributed by atoms with Gasteiger partial charge >= 0.3 is 0 Å². The first-order valence-corrected chi connectivity index (χ1v) is 10.1. The summed E-state index contributed by atoms with van der Waals surface area (Å²) < 4.78 is 21.6. The van der Waals surface area contributed by atoms with E-state index in [1.807, 2.05) is 17.2 Å². The summed E-state index contributed by atoms with van der Waals surface area (Å²) in [5.74, 6) is 0.872. The predicted octanol–water partition coefficient (Wildman–Crippen LogP) is 0.616. The fraction of sp³-hybridized carbons (Fsp3) is 0.412. The van der Waals surface area contributed by atoms with Crippen molar-refractivity contribution in [3.05, 3.63) is 31.0 Å². The van der Waals surface area contributed by atoms with Crippen molar-refractivity contribution in [2.45, 2.75) is 29.8 Å². The SMILES string of the molecule is O=C(Cn1cc(S(=O)O)cn1)N1CCN(c2ncnc3[nH]ccc23)CC12CC2. The van der Waals surface area contributed by atoms with Crippen LogP contribution < -0.4 is 4.90 Å². The van der Waals surface area contributed by atoms with E-state index in [2.05, 4.69) is 25.0 Å². The minimum Gasteiger partial charge on any atom is -0.352 e. The average molecular weight is 401 g/mol. The van der Waals surface area contributed by atoms with Crippen LogP contribution in [-0.2, 0) is 22.4 Å². The maximum absolute atomic E-state index is 12.9. The van der Waals surface area contributed by atoms with Crippen LogP contribution in [0.2, 0.25) is 0 Å². The van der Waals surface area contributed by atoms with Gasteiger partial charge in [-0.1, -0.05) is 0 Å². The van der Waals surface area contributed by atoms with Gasteiger partial charge in [-0.15, -0.1) is 0 Å². The van der Waals surface area contributed by atoms with Gasteiger partial charge in [-0.3, -0.25) is 9.48 Å². The van der Waals surface area contributed by atoms with Crippen molar-refractivity contribution >= 4 is 33.8 Å². The monoisotopic (exact) mass is 401 g/mol. The van der Waals surface area contributed by atoms with Gasteiger partial charge in [-0.05, 0) is 18.9 Å². The third-order valence-electron chi connectivity index (χ3n) is 5.52. The van der Waals surface area contributed by atoms with Gasteiger partial charge in [0.1, 0.15) is 29.2 Å². The molecule has 0 bridgehead atoms. The van der Waals surface area contributed by atoms with Crippen molar-refractivity contribution in [2.75, 3.05) is 24.5 Å². The predicted molar refractivity (Wildman–Crippen MR) is 101 cm³/mol. The molecule has 3 aromatic heterocycles. The number of aromatic amines is 1. The third kappa shape index (κ3) is 2.87. The van der Waals surface area contributed by atoms with E-state index in [-0.39, 0.29) is 22.9 Å². The summed E-state index contributed by atoms with van der Waals surface area (Å²) in [6, 6.07) is 1.97. The molecule has 5 rings (SSSR count). The van der Waals surface area contributed by atoms with Crippen LogP contribution >= 0.6 is 0 Å². The van der Waals surface area contributed by atoms with E-state index in [1.54, 1.807) is 6.33 Å². The van der Waals surface area contributed by atoms with Crippen molar-refractivity contribution in [1.82, 2.24) is 29.6 Å². The van der Waals surface area contributed by atoms with Gasteiger partial charge in [0.15, 0.2) is 11.1 Å². The molecule has 4 heterocycles. The van der Waals surface area contributed by atoms with Gasteiger partial charge in [0.2, 0.25) is 5.91 Å². The lowest BCUT2D eigenvalue weighted by Gasteiger charge is -2.42. The number of aromatic nitrogens is 5.